The Morgan fingerprint density at radius 3 is 2.58 bits per heavy atom. The third kappa shape index (κ3) is 6.62. The molecule has 1 unspecified atom stereocenters. The van der Waals surface area contributed by atoms with Crippen LogP contribution in [0.5, 0.6) is 0 Å². The monoisotopic (exact) mass is 368 g/mol. The number of carbonyl (C=O) groups is 1. The summed E-state index contributed by atoms with van der Waals surface area (Å²) >= 11 is 0. The summed E-state index contributed by atoms with van der Waals surface area (Å²) in [6, 6.07) is 0. The minimum Gasteiger partial charge on any atom is -0.371 e. The Bertz CT molecular complexity index is 571. The van der Waals surface area contributed by atoms with Gasteiger partial charge in [0.25, 0.3) is 0 Å². The van der Waals surface area contributed by atoms with Gasteiger partial charge in [-0.15, -0.1) is 0 Å². The van der Waals surface area contributed by atoms with Crippen LogP contribution in [0.4, 0.5) is 0 Å². The molecule has 0 fully saturated rings. The van der Waals surface area contributed by atoms with Crippen LogP contribution in [0.2, 0.25) is 0 Å². The molecule has 0 aliphatic rings. The second-order valence-corrected chi connectivity index (χ2v) is 5.74. The molecular weight excluding hydrogens is 336 g/mol. The molecule has 0 spiro atoms. The van der Waals surface area contributed by atoms with Crippen molar-refractivity contribution in [2.45, 2.75) is 47.3 Å². The van der Waals surface area contributed by atoms with Crippen molar-refractivity contribution in [2.75, 3.05) is 39.8 Å². The number of hydrogen-bond acceptors (Lipinski definition) is 6. The second-order valence-electron chi connectivity index (χ2n) is 5.74. The molecule has 0 aliphatic heterocycles. The third-order valence-corrected chi connectivity index (χ3v) is 3.81. The standard InChI is InChI=1S/C17H32N6O3/c1-7-18-17(22(6)12-15(24)23(8-2)9-3)19-11-14-20-16(21-26-14)13(5)25-10-4/h13H,7-12H2,1-6H3,(H,18,19). The predicted molar refractivity (Wildman–Crippen MR) is 99.7 cm³/mol. The zero-order chi connectivity index (χ0) is 19.5. The summed E-state index contributed by atoms with van der Waals surface area (Å²) in [6.45, 7) is 12.9. The van der Waals surface area contributed by atoms with Gasteiger partial charge in [0, 0.05) is 33.3 Å². The minimum atomic E-state index is -0.218. The predicted octanol–water partition coefficient (Wildman–Crippen LogP) is 1.43. The van der Waals surface area contributed by atoms with Crippen LogP contribution in [-0.4, -0.2) is 71.6 Å². The topological polar surface area (TPSA) is 96.1 Å². The van der Waals surface area contributed by atoms with Gasteiger partial charge >= 0.3 is 0 Å². The molecule has 0 aliphatic carbocycles. The van der Waals surface area contributed by atoms with Crippen LogP contribution in [-0.2, 0) is 16.1 Å². The van der Waals surface area contributed by atoms with E-state index in [2.05, 4.69) is 20.4 Å². The minimum absolute atomic E-state index is 0.0636. The van der Waals surface area contributed by atoms with Crippen molar-refractivity contribution >= 4 is 11.9 Å². The molecule has 1 N–H and O–H groups in total. The van der Waals surface area contributed by atoms with Crippen molar-refractivity contribution in [3.05, 3.63) is 11.7 Å². The third-order valence-electron chi connectivity index (χ3n) is 3.81. The summed E-state index contributed by atoms with van der Waals surface area (Å²) in [6.07, 6.45) is -0.218. The number of ether oxygens (including phenoxy) is 1. The number of hydrogen-bond donors (Lipinski definition) is 1. The number of aromatic nitrogens is 2. The number of likely N-dealkylation sites (N-methyl/N-ethyl adjacent to an activating group) is 2. The highest BCUT2D eigenvalue weighted by Gasteiger charge is 2.16. The van der Waals surface area contributed by atoms with Crippen molar-refractivity contribution in [3.63, 3.8) is 0 Å². The first-order valence-electron chi connectivity index (χ1n) is 9.17. The first-order chi connectivity index (χ1) is 12.5. The molecule has 0 radical (unpaired) electrons. The van der Waals surface area contributed by atoms with E-state index in [0.717, 1.165) is 0 Å². The van der Waals surface area contributed by atoms with E-state index < -0.39 is 0 Å². The fourth-order valence-electron chi connectivity index (χ4n) is 2.39. The molecule has 1 heterocycles. The maximum atomic E-state index is 12.3. The number of rotatable bonds is 10. The molecule has 0 aromatic carbocycles. The van der Waals surface area contributed by atoms with Gasteiger partial charge in [0.15, 0.2) is 11.8 Å². The first-order valence-corrected chi connectivity index (χ1v) is 9.17. The Kier molecular flexibility index (Phi) is 9.64. The average molecular weight is 368 g/mol. The number of nitrogens with zero attached hydrogens (tertiary/aromatic N) is 5. The van der Waals surface area contributed by atoms with Gasteiger partial charge in [-0.1, -0.05) is 5.16 Å². The second kappa shape index (κ2) is 11.5. The van der Waals surface area contributed by atoms with Crippen molar-refractivity contribution < 1.29 is 14.1 Å². The number of nitrogens with one attached hydrogen (secondary N) is 1. The molecule has 1 atom stereocenters. The lowest BCUT2D eigenvalue weighted by Gasteiger charge is -2.25. The van der Waals surface area contributed by atoms with Crippen molar-refractivity contribution in [3.8, 4) is 0 Å². The molecule has 0 bridgehead atoms. The zero-order valence-corrected chi connectivity index (χ0v) is 16.8. The van der Waals surface area contributed by atoms with Gasteiger partial charge in [0.1, 0.15) is 12.6 Å². The number of carbonyl (C=O) groups excluding carboxylic acids is 1. The van der Waals surface area contributed by atoms with Gasteiger partial charge in [0.05, 0.1) is 6.54 Å². The lowest BCUT2D eigenvalue weighted by molar-refractivity contribution is -0.131. The normalized spacial score (nSPS) is 12.8. The Morgan fingerprint density at radius 2 is 2.00 bits per heavy atom. The Labute approximate surface area is 155 Å². The number of aliphatic imine (C=N–C) groups is 1. The van der Waals surface area contributed by atoms with Gasteiger partial charge in [-0.25, -0.2) is 4.99 Å². The molecule has 9 nitrogen and oxygen atoms in total. The quantitative estimate of drug-likeness (QED) is 0.493. The van der Waals surface area contributed by atoms with E-state index in [1.165, 1.54) is 0 Å². The lowest BCUT2D eigenvalue weighted by Crippen LogP contribution is -2.45. The first kappa shape index (κ1) is 21.9. The van der Waals surface area contributed by atoms with Gasteiger partial charge < -0.3 is 24.4 Å². The Balaban J connectivity index is 2.74. The molecular formula is C17H32N6O3. The highest BCUT2D eigenvalue weighted by atomic mass is 16.5. The fraction of sp³-hybridized carbons (Fsp3) is 0.765. The summed E-state index contributed by atoms with van der Waals surface area (Å²) in [5.74, 6) is 1.59. The van der Waals surface area contributed by atoms with Crippen LogP contribution < -0.4 is 5.32 Å². The summed E-state index contributed by atoms with van der Waals surface area (Å²) < 4.78 is 10.7. The SMILES string of the molecule is CCNC(=NCc1nc(C(C)OCC)no1)N(C)CC(=O)N(CC)CC. The van der Waals surface area contributed by atoms with Crippen LogP contribution in [0.25, 0.3) is 0 Å². The van der Waals surface area contributed by atoms with E-state index in [9.17, 15) is 4.79 Å². The van der Waals surface area contributed by atoms with Crippen LogP contribution >= 0.6 is 0 Å². The highest BCUT2D eigenvalue weighted by Crippen LogP contribution is 2.13. The van der Waals surface area contributed by atoms with E-state index in [1.54, 1.807) is 9.80 Å². The number of amides is 1. The smallest absolute Gasteiger partial charge is 0.248 e. The van der Waals surface area contributed by atoms with Crippen LogP contribution in [0.15, 0.2) is 9.52 Å². The summed E-state index contributed by atoms with van der Waals surface area (Å²) in [5, 5.41) is 7.10. The summed E-state index contributed by atoms with van der Waals surface area (Å²) in [5.41, 5.74) is 0. The molecule has 1 amide bonds. The molecule has 0 saturated heterocycles. The van der Waals surface area contributed by atoms with Crippen LogP contribution in [0, 0.1) is 0 Å². The largest absolute Gasteiger partial charge is 0.371 e. The Hall–Kier alpha value is -2.16. The van der Waals surface area contributed by atoms with Gasteiger partial charge in [0.2, 0.25) is 11.8 Å². The molecule has 1 rings (SSSR count). The van der Waals surface area contributed by atoms with E-state index >= 15 is 0 Å². The maximum absolute atomic E-state index is 12.3. The van der Waals surface area contributed by atoms with E-state index in [0.29, 0.717) is 43.9 Å². The number of guanidine groups is 1. The van der Waals surface area contributed by atoms with Crippen molar-refractivity contribution in [1.82, 2.24) is 25.3 Å². The summed E-state index contributed by atoms with van der Waals surface area (Å²) in [7, 11) is 1.83. The average Bonchev–Trinajstić information content (AvgIpc) is 3.08. The molecule has 26 heavy (non-hydrogen) atoms. The molecule has 1 aromatic rings. The highest BCUT2D eigenvalue weighted by molar-refractivity contribution is 5.86. The Morgan fingerprint density at radius 1 is 1.31 bits per heavy atom. The van der Waals surface area contributed by atoms with Gasteiger partial charge in [-0.3, -0.25) is 4.79 Å². The van der Waals surface area contributed by atoms with Crippen molar-refractivity contribution in [2.24, 2.45) is 4.99 Å². The van der Waals surface area contributed by atoms with E-state index in [-0.39, 0.29) is 25.1 Å². The van der Waals surface area contributed by atoms with Crippen LogP contribution in [0.3, 0.4) is 0 Å². The van der Waals surface area contributed by atoms with Gasteiger partial charge in [-0.05, 0) is 34.6 Å². The van der Waals surface area contributed by atoms with Gasteiger partial charge in [-0.2, -0.15) is 4.98 Å². The lowest BCUT2D eigenvalue weighted by atomic mass is 10.4. The fourth-order valence-corrected chi connectivity index (χ4v) is 2.39. The molecule has 0 saturated carbocycles. The zero-order valence-electron chi connectivity index (χ0n) is 16.8. The molecule has 1 aromatic heterocycles. The maximum Gasteiger partial charge on any atom is 0.248 e. The molecule has 148 valence electrons. The van der Waals surface area contributed by atoms with Crippen molar-refractivity contribution in [1.29, 1.82) is 0 Å². The molecule has 9 heteroatoms. The van der Waals surface area contributed by atoms with E-state index in [1.807, 2.05) is 41.7 Å². The summed E-state index contributed by atoms with van der Waals surface area (Å²) in [4.78, 5) is 24.7. The van der Waals surface area contributed by atoms with Crippen LogP contribution in [0.1, 0.15) is 52.4 Å². The van der Waals surface area contributed by atoms with E-state index in [4.69, 9.17) is 9.26 Å².